The second-order valence-electron chi connectivity index (χ2n) is 1.94. The molecule has 6 heteroatoms. The van der Waals surface area contributed by atoms with Crippen LogP contribution in [0.15, 0.2) is 10.7 Å². The highest BCUT2D eigenvalue weighted by molar-refractivity contribution is 14.1. The first-order valence-electron chi connectivity index (χ1n) is 2.82. The van der Waals surface area contributed by atoms with Crippen molar-refractivity contribution in [3.8, 4) is 0 Å². The molecule has 1 aromatic heterocycles. The summed E-state index contributed by atoms with van der Waals surface area (Å²) < 4.78 is 25.1. The molecule has 0 spiro atoms. The van der Waals surface area contributed by atoms with Crippen LogP contribution in [0.25, 0.3) is 0 Å². The van der Waals surface area contributed by atoms with Gasteiger partial charge in [0.25, 0.3) is 6.43 Å². The maximum absolute atomic E-state index is 12.2. The maximum Gasteiger partial charge on any atom is 0.266 e. The van der Waals surface area contributed by atoms with Crippen LogP contribution in [0.1, 0.15) is 12.0 Å². The third-order valence-corrected chi connectivity index (χ3v) is 3.21. The molecule has 1 rings (SSSR count). The van der Waals surface area contributed by atoms with E-state index in [9.17, 15) is 8.78 Å². The molecular formula is C6H2BrClF2IN. The van der Waals surface area contributed by atoms with Crippen LogP contribution in [-0.4, -0.2) is 4.98 Å². The zero-order chi connectivity index (χ0) is 9.30. The molecule has 0 aromatic carbocycles. The summed E-state index contributed by atoms with van der Waals surface area (Å²) in [6.07, 6.45) is -2.53. The summed E-state index contributed by atoms with van der Waals surface area (Å²) in [6.45, 7) is 0. The predicted molar refractivity (Wildman–Crippen MR) is 54.6 cm³/mol. The Morgan fingerprint density at radius 2 is 2.17 bits per heavy atom. The minimum Gasteiger partial charge on any atom is -0.228 e. The maximum atomic E-state index is 12.2. The number of rotatable bonds is 1. The molecule has 1 heterocycles. The largest absolute Gasteiger partial charge is 0.266 e. The van der Waals surface area contributed by atoms with Gasteiger partial charge in [0.05, 0.1) is 9.13 Å². The van der Waals surface area contributed by atoms with Crippen molar-refractivity contribution in [2.75, 3.05) is 0 Å². The van der Waals surface area contributed by atoms with Gasteiger partial charge in [0.1, 0.15) is 9.76 Å². The Morgan fingerprint density at radius 1 is 1.58 bits per heavy atom. The topological polar surface area (TPSA) is 12.9 Å². The summed E-state index contributed by atoms with van der Waals surface area (Å²) in [5.74, 6) is 0. The lowest BCUT2D eigenvalue weighted by atomic mass is 10.3. The van der Waals surface area contributed by atoms with E-state index in [4.69, 9.17) is 11.6 Å². The molecule has 0 radical (unpaired) electrons. The molecule has 0 saturated heterocycles. The zero-order valence-corrected chi connectivity index (χ0v) is 9.99. The van der Waals surface area contributed by atoms with Crippen molar-refractivity contribution >= 4 is 50.1 Å². The first-order valence-corrected chi connectivity index (χ1v) is 5.07. The van der Waals surface area contributed by atoms with E-state index in [0.717, 1.165) is 0 Å². The van der Waals surface area contributed by atoms with Crippen LogP contribution in [0.2, 0.25) is 5.15 Å². The molecule has 0 aliphatic rings. The van der Waals surface area contributed by atoms with Gasteiger partial charge in [-0.05, 0) is 44.6 Å². The van der Waals surface area contributed by atoms with Crippen LogP contribution in [0, 0.1) is 3.57 Å². The smallest absolute Gasteiger partial charge is 0.228 e. The Kier molecular flexibility index (Phi) is 3.66. The van der Waals surface area contributed by atoms with E-state index in [1.54, 1.807) is 0 Å². The van der Waals surface area contributed by atoms with E-state index in [1.165, 1.54) is 6.07 Å². The highest BCUT2D eigenvalue weighted by atomic mass is 127. The first-order chi connectivity index (χ1) is 5.52. The molecule has 0 N–H and O–H groups in total. The standard InChI is InChI=1S/C6H2BrClF2IN/c7-4-2(6(9)10)1-3(11)5(8)12-4/h1,6H. The van der Waals surface area contributed by atoms with E-state index in [2.05, 4.69) is 20.9 Å². The highest BCUT2D eigenvalue weighted by Crippen LogP contribution is 2.29. The zero-order valence-electron chi connectivity index (χ0n) is 5.49. The van der Waals surface area contributed by atoms with E-state index in [-0.39, 0.29) is 15.3 Å². The van der Waals surface area contributed by atoms with Crippen LogP contribution in [0.4, 0.5) is 8.78 Å². The molecule has 1 aromatic rings. The van der Waals surface area contributed by atoms with Gasteiger partial charge in [-0.3, -0.25) is 0 Å². The Morgan fingerprint density at radius 3 is 2.67 bits per heavy atom. The van der Waals surface area contributed by atoms with Gasteiger partial charge in [-0.25, -0.2) is 13.8 Å². The summed E-state index contributed by atoms with van der Waals surface area (Å²) in [5.41, 5.74) is -0.135. The van der Waals surface area contributed by atoms with Gasteiger partial charge >= 0.3 is 0 Å². The second kappa shape index (κ2) is 4.15. The van der Waals surface area contributed by atoms with Crippen LogP contribution in [0.5, 0.6) is 0 Å². The molecule has 0 atom stereocenters. The third-order valence-electron chi connectivity index (χ3n) is 1.15. The van der Waals surface area contributed by atoms with Crippen molar-refractivity contribution in [3.63, 3.8) is 0 Å². The quantitative estimate of drug-likeness (QED) is 0.539. The summed E-state index contributed by atoms with van der Waals surface area (Å²) in [4.78, 5) is 3.69. The van der Waals surface area contributed by atoms with Crippen molar-refractivity contribution in [1.82, 2.24) is 4.98 Å². The molecule has 1 nitrogen and oxygen atoms in total. The van der Waals surface area contributed by atoms with Gasteiger partial charge in [0, 0.05) is 0 Å². The second-order valence-corrected chi connectivity index (χ2v) is 4.21. The van der Waals surface area contributed by atoms with Crippen molar-refractivity contribution in [1.29, 1.82) is 0 Å². The minimum absolute atomic E-state index is 0.0999. The lowest BCUT2D eigenvalue weighted by Crippen LogP contribution is -1.92. The SMILES string of the molecule is FC(F)c1cc(I)c(Cl)nc1Br. The van der Waals surface area contributed by atoms with E-state index in [1.807, 2.05) is 22.6 Å². The van der Waals surface area contributed by atoms with Crippen molar-refractivity contribution in [3.05, 3.63) is 25.0 Å². The number of hydrogen-bond acceptors (Lipinski definition) is 1. The highest BCUT2D eigenvalue weighted by Gasteiger charge is 2.14. The lowest BCUT2D eigenvalue weighted by molar-refractivity contribution is 0.150. The predicted octanol–water partition coefficient (Wildman–Crippen LogP) is 4.04. The van der Waals surface area contributed by atoms with Crippen LogP contribution in [-0.2, 0) is 0 Å². The van der Waals surface area contributed by atoms with Crippen molar-refractivity contribution < 1.29 is 8.78 Å². The van der Waals surface area contributed by atoms with Gasteiger partial charge < -0.3 is 0 Å². The number of hydrogen-bond donors (Lipinski definition) is 0. The molecule has 0 aliphatic carbocycles. The normalized spacial score (nSPS) is 10.8. The number of pyridine rings is 1. The van der Waals surface area contributed by atoms with Gasteiger partial charge in [0.2, 0.25) is 0 Å². The lowest BCUT2D eigenvalue weighted by Gasteiger charge is -2.03. The molecule has 0 amide bonds. The number of halogens is 5. The number of alkyl halides is 2. The van der Waals surface area contributed by atoms with Gasteiger partial charge in [0.15, 0.2) is 0 Å². The fourth-order valence-corrected chi connectivity index (χ4v) is 1.77. The van der Waals surface area contributed by atoms with Gasteiger partial charge in [-0.1, -0.05) is 11.6 Å². The summed E-state index contributed by atoms with van der Waals surface area (Å²) in [6, 6.07) is 1.31. The van der Waals surface area contributed by atoms with E-state index in [0.29, 0.717) is 3.57 Å². The minimum atomic E-state index is -2.53. The molecule has 0 bridgehead atoms. The fourth-order valence-electron chi connectivity index (χ4n) is 0.613. The molecule has 0 aliphatic heterocycles. The Hall–Kier alpha value is 0.510. The molecule has 12 heavy (non-hydrogen) atoms. The first kappa shape index (κ1) is 10.6. The van der Waals surface area contributed by atoms with Gasteiger partial charge in [-0.2, -0.15) is 0 Å². The molecule has 0 unspecified atom stereocenters. The Labute approximate surface area is 94.8 Å². The van der Waals surface area contributed by atoms with Crippen LogP contribution >= 0.6 is 50.1 Å². The van der Waals surface area contributed by atoms with Crippen molar-refractivity contribution in [2.24, 2.45) is 0 Å². The van der Waals surface area contributed by atoms with Crippen LogP contribution in [0.3, 0.4) is 0 Å². The molecule has 0 fully saturated rings. The van der Waals surface area contributed by atoms with Gasteiger partial charge in [-0.15, -0.1) is 0 Å². The number of nitrogens with zero attached hydrogens (tertiary/aromatic N) is 1. The monoisotopic (exact) mass is 367 g/mol. The Bertz CT molecular complexity index is 308. The Balaban J connectivity index is 3.23. The molecular weight excluding hydrogens is 366 g/mol. The van der Waals surface area contributed by atoms with Crippen LogP contribution < -0.4 is 0 Å². The summed E-state index contributed by atoms with van der Waals surface area (Å²) in [5, 5.41) is 0.229. The third kappa shape index (κ3) is 2.26. The van der Waals surface area contributed by atoms with Crippen molar-refractivity contribution in [2.45, 2.75) is 6.43 Å². The summed E-state index contributed by atoms with van der Waals surface area (Å²) in [7, 11) is 0. The summed E-state index contributed by atoms with van der Waals surface area (Å²) >= 11 is 10.4. The average Bonchev–Trinajstić information content (AvgIpc) is 1.96. The average molecular weight is 368 g/mol. The fraction of sp³-hybridized carbons (Fsp3) is 0.167. The molecule has 66 valence electrons. The van der Waals surface area contributed by atoms with E-state index < -0.39 is 6.43 Å². The van der Waals surface area contributed by atoms with E-state index >= 15 is 0 Å². The molecule has 0 saturated carbocycles. The number of aromatic nitrogens is 1.